The summed E-state index contributed by atoms with van der Waals surface area (Å²) in [7, 11) is 0. The molecule has 0 aliphatic carbocycles. The third-order valence-electron chi connectivity index (χ3n) is 4.50. The van der Waals surface area contributed by atoms with Crippen LogP contribution in [0.15, 0.2) is 83.8 Å². The molecule has 0 aromatic heterocycles. The summed E-state index contributed by atoms with van der Waals surface area (Å²) in [6.07, 6.45) is 1.73. The van der Waals surface area contributed by atoms with Crippen molar-refractivity contribution in [2.45, 2.75) is 0 Å². The molecule has 3 aromatic rings. The van der Waals surface area contributed by atoms with Crippen LogP contribution in [0.3, 0.4) is 0 Å². The summed E-state index contributed by atoms with van der Waals surface area (Å²) in [6, 6.07) is 23.3. The zero-order chi connectivity index (χ0) is 22.5. The van der Waals surface area contributed by atoms with Gasteiger partial charge in [0.1, 0.15) is 5.75 Å². The number of carbonyl (C=O) groups excluding carboxylic acids is 2. The number of hydrogen-bond donors (Lipinski definition) is 1. The van der Waals surface area contributed by atoms with Crippen LogP contribution in [0.1, 0.15) is 5.56 Å². The molecule has 4 rings (SSSR count). The topological polar surface area (TPSA) is 58.6 Å². The van der Waals surface area contributed by atoms with Crippen molar-refractivity contribution in [2.75, 3.05) is 16.8 Å². The number of anilines is 2. The van der Waals surface area contributed by atoms with E-state index in [1.807, 2.05) is 42.5 Å². The lowest BCUT2D eigenvalue weighted by molar-refractivity contribution is -0.118. The molecule has 8 heteroatoms. The predicted octanol–water partition coefficient (Wildman–Crippen LogP) is 5.76. The molecule has 0 saturated carbocycles. The monoisotopic (exact) mass is 480 g/mol. The quantitative estimate of drug-likeness (QED) is 0.359. The van der Waals surface area contributed by atoms with Crippen LogP contribution >= 0.6 is 35.6 Å². The molecule has 0 bridgehead atoms. The second kappa shape index (κ2) is 9.99. The van der Waals surface area contributed by atoms with Gasteiger partial charge >= 0.3 is 0 Å². The van der Waals surface area contributed by atoms with E-state index in [9.17, 15) is 9.59 Å². The normalized spacial score (nSPS) is 14.7. The summed E-state index contributed by atoms with van der Waals surface area (Å²) in [4.78, 5) is 27.2. The molecule has 32 heavy (non-hydrogen) atoms. The average Bonchev–Trinajstić information content (AvgIpc) is 3.08. The van der Waals surface area contributed by atoms with E-state index in [-0.39, 0.29) is 18.4 Å². The number of halogens is 1. The number of rotatable bonds is 6. The zero-order valence-corrected chi connectivity index (χ0v) is 19.0. The third-order valence-corrected chi connectivity index (χ3v) is 6.05. The van der Waals surface area contributed by atoms with Crippen LogP contribution in [0, 0.1) is 0 Å². The molecule has 1 aliphatic heterocycles. The van der Waals surface area contributed by atoms with E-state index in [1.54, 1.807) is 42.5 Å². The van der Waals surface area contributed by atoms with Crippen LogP contribution in [0.2, 0.25) is 5.02 Å². The van der Waals surface area contributed by atoms with Crippen molar-refractivity contribution < 1.29 is 14.3 Å². The smallest absolute Gasteiger partial charge is 0.270 e. The molecule has 3 aromatic carbocycles. The Morgan fingerprint density at radius 1 is 1.03 bits per heavy atom. The summed E-state index contributed by atoms with van der Waals surface area (Å²) < 4.78 is 6.19. The minimum atomic E-state index is -0.308. The molecular weight excluding hydrogens is 464 g/mol. The van der Waals surface area contributed by atoms with Gasteiger partial charge in [0.25, 0.3) is 11.8 Å². The maximum atomic E-state index is 13.0. The number of thiocarbonyl (C=S) groups is 1. The fourth-order valence-electron chi connectivity index (χ4n) is 3.01. The Hall–Kier alpha value is -3.13. The van der Waals surface area contributed by atoms with Gasteiger partial charge in [0, 0.05) is 16.3 Å². The summed E-state index contributed by atoms with van der Waals surface area (Å²) in [5, 5.41) is 3.34. The first-order chi connectivity index (χ1) is 15.5. The van der Waals surface area contributed by atoms with Gasteiger partial charge in [0.2, 0.25) is 0 Å². The van der Waals surface area contributed by atoms with E-state index in [4.69, 9.17) is 28.6 Å². The number of thioether (sulfide) groups is 1. The molecule has 0 spiro atoms. The Labute approximate surface area is 200 Å². The number of carbonyl (C=O) groups is 2. The molecule has 1 aliphatic rings. The Morgan fingerprint density at radius 3 is 2.47 bits per heavy atom. The van der Waals surface area contributed by atoms with E-state index < -0.39 is 0 Å². The Balaban J connectivity index is 1.47. The van der Waals surface area contributed by atoms with E-state index in [2.05, 4.69) is 5.32 Å². The number of benzene rings is 3. The van der Waals surface area contributed by atoms with Crippen molar-refractivity contribution in [2.24, 2.45) is 0 Å². The first-order valence-electron chi connectivity index (χ1n) is 9.61. The van der Waals surface area contributed by atoms with Crippen molar-refractivity contribution in [3.63, 3.8) is 0 Å². The SMILES string of the molecule is O=C(COc1ccccc1/C=C1\SC(=S)N(c2ccccc2)C1=O)Nc1ccc(Cl)cc1. The van der Waals surface area contributed by atoms with Crippen LogP contribution in [-0.2, 0) is 9.59 Å². The van der Waals surface area contributed by atoms with Gasteiger partial charge in [0.15, 0.2) is 10.9 Å². The van der Waals surface area contributed by atoms with Crippen molar-refractivity contribution in [1.82, 2.24) is 0 Å². The first kappa shape index (κ1) is 22.1. The van der Waals surface area contributed by atoms with Crippen LogP contribution in [-0.4, -0.2) is 22.7 Å². The fraction of sp³-hybridized carbons (Fsp3) is 0.0417. The van der Waals surface area contributed by atoms with Crippen LogP contribution < -0.4 is 15.0 Å². The van der Waals surface area contributed by atoms with Gasteiger partial charge in [-0.2, -0.15) is 0 Å². The molecule has 0 radical (unpaired) electrons. The molecule has 0 unspecified atom stereocenters. The lowest BCUT2D eigenvalue weighted by Crippen LogP contribution is -2.27. The Kier molecular flexibility index (Phi) is 6.90. The Bertz CT molecular complexity index is 1200. The van der Waals surface area contributed by atoms with E-state index in [0.717, 1.165) is 5.69 Å². The van der Waals surface area contributed by atoms with Crippen molar-refractivity contribution >= 4 is 69.2 Å². The van der Waals surface area contributed by atoms with Gasteiger partial charge < -0.3 is 10.1 Å². The van der Waals surface area contributed by atoms with Gasteiger partial charge in [-0.1, -0.05) is 72.0 Å². The predicted molar refractivity (Wildman–Crippen MR) is 134 cm³/mol. The number of hydrogen-bond acceptors (Lipinski definition) is 5. The molecule has 1 heterocycles. The summed E-state index contributed by atoms with van der Waals surface area (Å²) in [6.45, 7) is -0.182. The number of nitrogens with zero attached hydrogens (tertiary/aromatic N) is 1. The summed E-state index contributed by atoms with van der Waals surface area (Å²) >= 11 is 12.5. The van der Waals surface area contributed by atoms with Gasteiger partial charge in [-0.25, -0.2) is 0 Å². The third kappa shape index (κ3) is 5.19. The lowest BCUT2D eigenvalue weighted by atomic mass is 10.2. The standard InChI is InChI=1S/C24H17ClN2O3S2/c25-17-10-12-18(13-11-17)26-22(28)15-30-20-9-5-4-6-16(20)14-21-23(29)27(24(31)32-21)19-7-2-1-3-8-19/h1-14H,15H2,(H,26,28)/b21-14-. The number of nitrogens with one attached hydrogen (secondary N) is 1. The summed E-state index contributed by atoms with van der Waals surface area (Å²) in [5.74, 6) is -0.0113. The molecular formula is C24H17ClN2O3S2. The lowest BCUT2D eigenvalue weighted by Gasteiger charge is -2.14. The Morgan fingerprint density at radius 2 is 1.72 bits per heavy atom. The van der Waals surface area contributed by atoms with Gasteiger partial charge in [-0.3, -0.25) is 14.5 Å². The van der Waals surface area contributed by atoms with Crippen LogP contribution in [0.4, 0.5) is 11.4 Å². The van der Waals surface area contributed by atoms with E-state index >= 15 is 0 Å². The van der Waals surface area contributed by atoms with Gasteiger partial charge in [-0.15, -0.1) is 0 Å². The largest absolute Gasteiger partial charge is 0.483 e. The average molecular weight is 481 g/mol. The molecule has 1 N–H and O–H groups in total. The molecule has 1 saturated heterocycles. The highest BCUT2D eigenvalue weighted by Crippen LogP contribution is 2.37. The number of amides is 2. The van der Waals surface area contributed by atoms with Crippen molar-refractivity contribution in [1.29, 1.82) is 0 Å². The zero-order valence-electron chi connectivity index (χ0n) is 16.7. The van der Waals surface area contributed by atoms with Crippen LogP contribution in [0.25, 0.3) is 6.08 Å². The van der Waals surface area contributed by atoms with Crippen LogP contribution in [0.5, 0.6) is 5.75 Å². The molecule has 2 amide bonds. The first-order valence-corrected chi connectivity index (χ1v) is 11.2. The van der Waals surface area contributed by atoms with Gasteiger partial charge in [0.05, 0.1) is 10.6 Å². The highest BCUT2D eigenvalue weighted by atomic mass is 35.5. The van der Waals surface area contributed by atoms with Crippen molar-refractivity contribution in [3.8, 4) is 5.75 Å². The fourth-order valence-corrected chi connectivity index (χ4v) is 4.43. The molecule has 5 nitrogen and oxygen atoms in total. The second-order valence-electron chi connectivity index (χ2n) is 6.73. The molecule has 0 atom stereocenters. The highest BCUT2D eigenvalue weighted by Gasteiger charge is 2.33. The molecule has 160 valence electrons. The maximum absolute atomic E-state index is 13.0. The number of ether oxygens (including phenoxy) is 1. The minimum Gasteiger partial charge on any atom is -0.483 e. The summed E-state index contributed by atoms with van der Waals surface area (Å²) in [5.41, 5.74) is 2.03. The maximum Gasteiger partial charge on any atom is 0.270 e. The van der Waals surface area contributed by atoms with Gasteiger partial charge in [-0.05, 0) is 48.5 Å². The number of para-hydroxylation sites is 2. The van der Waals surface area contributed by atoms with E-state index in [1.165, 1.54) is 16.7 Å². The van der Waals surface area contributed by atoms with Crippen molar-refractivity contribution in [3.05, 3.63) is 94.4 Å². The molecule has 1 fully saturated rings. The van der Waals surface area contributed by atoms with E-state index in [0.29, 0.717) is 31.2 Å². The second-order valence-corrected chi connectivity index (χ2v) is 8.85. The highest BCUT2D eigenvalue weighted by molar-refractivity contribution is 8.27. The minimum absolute atomic E-state index is 0.182.